The summed E-state index contributed by atoms with van der Waals surface area (Å²) in [6.07, 6.45) is 1.57. The maximum atomic E-state index is 12.9. The van der Waals surface area contributed by atoms with E-state index in [0.29, 0.717) is 41.2 Å². The zero-order valence-corrected chi connectivity index (χ0v) is 18.7. The maximum Gasteiger partial charge on any atom is 0.295 e. The van der Waals surface area contributed by atoms with Crippen molar-refractivity contribution in [2.24, 2.45) is 0 Å². The van der Waals surface area contributed by atoms with Gasteiger partial charge in [0.05, 0.1) is 25.5 Å². The smallest absolute Gasteiger partial charge is 0.295 e. The van der Waals surface area contributed by atoms with Gasteiger partial charge in [-0.2, -0.15) is 0 Å². The summed E-state index contributed by atoms with van der Waals surface area (Å²) >= 11 is 0. The van der Waals surface area contributed by atoms with Crippen molar-refractivity contribution in [3.63, 3.8) is 0 Å². The largest absolute Gasteiger partial charge is 0.497 e. The van der Waals surface area contributed by atoms with Gasteiger partial charge in [0.2, 0.25) is 5.91 Å². The standard InChI is InChI=1S/C24H27N3O5/c1-5-26(6-2)24(30)23(29)18-14-27(20-10-8-7-9-17(18)20)15-22(28)25-19-13-16(31-3)11-12-21(19)32-4/h7-14H,5-6,15H2,1-4H3,(H,25,28). The van der Waals surface area contributed by atoms with E-state index in [0.717, 1.165) is 0 Å². The Morgan fingerprint density at radius 3 is 2.38 bits per heavy atom. The first-order chi connectivity index (χ1) is 15.4. The van der Waals surface area contributed by atoms with E-state index in [-0.39, 0.29) is 18.0 Å². The lowest BCUT2D eigenvalue weighted by Crippen LogP contribution is -2.36. The number of ether oxygens (including phenoxy) is 2. The van der Waals surface area contributed by atoms with E-state index in [9.17, 15) is 14.4 Å². The Balaban J connectivity index is 1.90. The summed E-state index contributed by atoms with van der Waals surface area (Å²) in [6.45, 7) is 4.51. The van der Waals surface area contributed by atoms with Gasteiger partial charge in [-0.15, -0.1) is 0 Å². The molecule has 0 fully saturated rings. The second-order valence-electron chi connectivity index (χ2n) is 7.11. The van der Waals surface area contributed by atoms with Crippen molar-refractivity contribution in [1.29, 1.82) is 0 Å². The van der Waals surface area contributed by atoms with Crippen molar-refractivity contribution in [2.45, 2.75) is 20.4 Å². The molecule has 0 aliphatic carbocycles. The fraction of sp³-hybridized carbons (Fsp3) is 0.292. The average molecular weight is 437 g/mol. The van der Waals surface area contributed by atoms with Crippen LogP contribution in [0.3, 0.4) is 0 Å². The lowest BCUT2D eigenvalue weighted by atomic mass is 10.1. The summed E-state index contributed by atoms with van der Waals surface area (Å²) in [5.41, 5.74) is 1.45. The van der Waals surface area contributed by atoms with Crippen LogP contribution in [0.4, 0.5) is 5.69 Å². The van der Waals surface area contributed by atoms with Gasteiger partial charge in [-0.05, 0) is 32.0 Å². The van der Waals surface area contributed by atoms with Crippen LogP contribution in [0.25, 0.3) is 10.9 Å². The molecule has 0 saturated heterocycles. The highest BCUT2D eigenvalue weighted by molar-refractivity contribution is 6.44. The van der Waals surface area contributed by atoms with Gasteiger partial charge in [-0.3, -0.25) is 14.4 Å². The van der Waals surface area contributed by atoms with Gasteiger partial charge in [0.15, 0.2) is 0 Å². The number of likely N-dealkylation sites (N-methyl/N-ethyl adjacent to an activating group) is 1. The van der Waals surface area contributed by atoms with Gasteiger partial charge in [-0.1, -0.05) is 18.2 Å². The molecular formula is C24H27N3O5. The number of para-hydroxylation sites is 1. The van der Waals surface area contributed by atoms with Gasteiger partial charge in [-0.25, -0.2) is 0 Å². The second-order valence-corrected chi connectivity index (χ2v) is 7.11. The molecule has 1 heterocycles. The minimum Gasteiger partial charge on any atom is -0.497 e. The number of amides is 2. The SMILES string of the molecule is CCN(CC)C(=O)C(=O)c1cn(CC(=O)Nc2cc(OC)ccc2OC)c2ccccc12. The molecule has 2 aromatic carbocycles. The van der Waals surface area contributed by atoms with Crippen molar-refractivity contribution in [1.82, 2.24) is 9.47 Å². The first-order valence-corrected chi connectivity index (χ1v) is 10.4. The first-order valence-electron chi connectivity index (χ1n) is 10.4. The molecule has 3 rings (SSSR count). The fourth-order valence-corrected chi connectivity index (χ4v) is 3.58. The number of rotatable bonds is 9. The molecule has 8 nitrogen and oxygen atoms in total. The summed E-state index contributed by atoms with van der Waals surface area (Å²) < 4.78 is 12.2. The van der Waals surface area contributed by atoms with E-state index in [4.69, 9.17) is 9.47 Å². The van der Waals surface area contributed by atoms with Crippen LogP contribution in [0.15, 0.2) is 48.7 Å². The quantitative estimate of drug-likeness (QED) is 0.410. The molecule has 32 heavy (non-hydrogen) atoms. The number of ketones is 1. The highest BCUT2D eigenvalue weighted by Crippen LogP contribution is 2.29. The number of nitrogens with one attached hydrogen (secondary N) is 1. The Bertz CT molecular complexity index is 1150. The Hall–Kier alpha value is -3.81. The molecule has 1 aromatic heterocycles. The Morgan fingerprint density at radius 1 is 1.00 bits per heavy atom. The van der Waals surface area contributed by atoms with Crippen molar-refractivity contribution in [3.05, 3.63) is 54.2 Å². The van der Waals surface area contributed by atoms with Crippen LogP contribution < -0.4 is 14.8 Å². The van der Waals surface area contributed by atoms with Crippen LogP contribution in [0, 0.1) is 0 Å². The number of aromatic nitrogens is 1. The summed E-state index contributed by atoms with van der Waals surface area (Å²) in [7, 11) is 3.05. The molecule has 0 atom stereocenters. The molecule has 0 spiro atoms. The summed E-state index contributed by atoms with van der Waals surface area (Å²) in [4.78, 5) is 39.8. The Kier molecular flexibility index (Phi) is 7.14. The molecule has 1 N–H and O–H groups in total. The molecular weight excluding hydrogens is 410 g/mol. The number of carbonyl (C=O) groups excluding carboxylic acids is 3. The van der Waals surface area contributed by atoms with E-state index in [1.165, 1.54) is 19.1 Å². The normalized spacial score (nSPS) is 10.6. The molecule has 0 radical (unpaired) electrons. The lowest BCUT2D eigenvalue weighted by molar-refractivity contribution is -0.126. The number of nitrogens with zero attached hydrogens (tertiary/aromatic N) is 2. The predicted molar refractivity (Wildman–Crippen MR) is 122 cm³/mol. The third-order valence-electron chi connectivity index (χ3n) is 5.27. The zero-order valence-electron chi connectivity index (χ0n) is 18.7. The van der Waals surface area contributed by atoms with Crippen molar-refractivity contribution in [3.8, 4) is 11.5 Å². The fourth-order valence-electron chi connectivity index (χ4n) is 3.58. The molecule has 8 heteroatoms. The third-order valence-corrected chi connectivity index (χ3v) is 5.27. The zero-order chi connectivity index (χ0) is 23.3. The van der Waals surface area contributed by atoms with E-state index >= 15 is 0 Å². The molecule has 2 amide bonds. The van der Waals surface area contributed by atoms with Crippen LogP contribution in [-0.4, -0.2) is 54.4 Å². The van der Waals surface area contributed by atoms with Crippen LogP contribution >= 0.6 is 0 Å². The molecule has 0 saturated carbocycles. The number of benzene rings is 2. The average Bonchev–Trinajstić information content (AvgIpc) is 3.17. The van der Waals surface area contributed by atoms with Crippen molar-refractivity contribution in [2.75, 3.05) is 32.6 Å². The molecule has 168 valence electrons. The van der Waals surface area contributed by atoms with Gasteiger partial charge in [0.1, 0.15) is 18.0 Å². The van der Waals surface area contributed by atoms with Gasteiger partial charge >= 0.3 is 0 Å². The summed E-state index contributed by atoms with van der Waals surface area (Å²) in [6, 6.07) is 12.3. The number of hydrogen-bond donors (Lipinski definition) is 1. The first kappa shape index (κ1) is 22.9. The minimum absolute atomic E-state index is 0.0480. The second kappa shape index (κ2) is 10.00. The Morgan fingerprint density at radius 2 is 1.72 bits per heavy atom. The van der Waals surface area contributed by atoms with Gasteiger partial charge in [0.25, 0.3) is 11.7 Å². The highest BCUT2D eigenvalue weighted by atomic mass is 16.5. The predicted octanol–water partition coefficient (Wildman–Crippen LogP) is 3.35. The van der Waals surface area contributed by atoms with Crippen LogP contribution in [0.2, 0.25) is 0 Å². The number of carbonyl (C=O) groups is 3. The summed E-state index contributed by atoms with van der Waals surface area (Å²) in [5, 5.41) is 3.45. The van der Waals surface area contributed by atoms with Crippen LogP contribution in [-0.2, 0) is 16.1 Å². The minimum atomic E-state index is -0.585. The molecule has 0 bridgehead atoms. The van der Waals surface area contributed by atoms with Crippen LogP contribution in [0.5, 0.6) is 11.5 Å². The highest BCUT2D eigenvalue weighted by Gasteiger charge is 2.25. The molecule has 3 aromatic rings. The topological polar surface area (TPSA) is 89.9 Å². The van der Waals surface area contributed by atoms with Crippen molar-refractivity contribution >= 4 is 34.2 Å². The third kappa shape index (κ3) is 4.59. The number of Topliss-reactive ketones (excluding diaryl/α,β-unsaturated/α-hetero) is 1. The number of fused-ring (bicyclic) bond motifs is 1. The molecule has 0 unspecified atom stereocenters. The van der Waals surface area contributed by atoms with E-state index in [2.05, 4.69) is 5.32 Å². The monoisotopic (exact) mass is 437 g/mol. The van der Waals surface area contributed by atoms with E-state index < -0.39 is 11.7 Å². The van der Waals surface area contributed by atoms with Gasteiger partial charge < -0.3 is 24.3 Å². The molecule has 0 aliphatic heterocycles. The van der Waals surface area contributed by atoms with Crippen LogP contribution in [0.1, 0.15) is 24.2 Å². The van der Waals surface area contributed by atoms with Gasteiger partial charge in [0, 0.05) is 36.3 Å². The Labute approximate surface area is 186 Å². The number of hydrogen-bond acceptors (Lipinski definition) is 5. The van der Waals surface area contributed by atoms with Crippen molar-refractivity contribution < 1.29 is 23.9 Å². The number of anilines is 1. The van der Waals surface area contributed by atoms with E-state index in [1.54, 1.807) is 41.1 Å². The van der Waals surface area contributed by atoms with E-state index in [1.807, 2.05) is 26.0 Å². The molecule has 0 aliphatic rings. The number of methoxy groups -OCH3 is 2. The lowest BCUT2D eigenvalue weighted by Gasteiger charge is -2.17. The maximum absolute atomic E-state index is 12.9. The summed E-state index contributed by atoms with van der Waals surface area (Å²) in [5.74, 6) is -0.374.